The minimum atomic E-state index is -0.420. The fourth-order valence-electron chi connectivity index (χ4n) is 2.35. The molecule has 0 radical (unpaired) electrons. The fourth-order valence-corrected chi connectivity index (χ4v) is 3.61. The molecule has 128 valence electrons. The molecule has 0 saturated carbocycles. The molecule has 0 unspecified atom stereocenters. The van der Waals surface area contributed by atoms with Crippen molar-refractivity contribution in [3.8, 4) is 0 Å². The van der Waals surface area contributed by atoms with Gasteiger partial charge in [-0.15, -0.1) is 0 Å². The highest BCUT2D eigenvalue weighted by molar-refractivity contribution is 9.10. The molecule has 1 aliphatic rings. The number of nitro groups is 1. The summed E-state index contributed by atoms with van der Waals surface area (Å²) in [6, 6.07) is 13.7. The summed E-state index contributed by atoms with van der Waals surface area (Å²) in [6.07, 6.45) is 0. The number of amides is 1. The molecule has 0 fully saturated rings. The number of rotatable bonds is 4. The maximum Gasteiger partial charge on any atom is 0.269 e. The highest BCUT2D eigenvalue weighted by atomic mass is 79.9. The molecule has 3 rings (SSSR count). The number of aliphatic imine (C=N–C) groups is 1. The van der Waals surface area contributed by atoms with Crippen molar-refractivity contribution in [3.05, 3.63) is 74.2 Å². The molecule has 0 N–H and O–H groups in total. The van der Waals surface area contributed by atoms with E-state index in [2.05, 4.69) is 20.9 Å². The van der Waals surface area contributed by atoms with Crippen molar-refractivity contribution in [2.45, 2.75) is 5.75 Å². The summed E-state index contributed by atoms with van der Waals surface area (Å²) in [5, 5.41) is 11.4. The predicted octanol–water partition coefficient (Wildman–Crippen LogP) is 4.10. The molecule has 0 spiro atoms. The van der Waals surface area contributed by atoms with Gasteiger partial charge in [0.25, 0.3) is 11.6 Å². The van der Waals surface area contributed by atoms with Crippen molar-refractivity contribution in [3.63, 3.8) is 0 Å². The van der Waals surface area contributed by atoms with Gasteiger partial charge >= 0.3 is 0 Å². The average molecular weight is 420 g/mol. The Kier molecular flexibility index (Phi) is 5.50. The molecule has 1 amide bonds. The number of benzene rings is 2. The van der Waals surface area contributed by atoms with Crippen molar-refractivity contribution in [1.29, 1.82) is 0 Å². The molecule has 6 nitrogen and oxygen atoms in total. The normalized spacial score (nSPS) is 13.6. The van der Waals surface area contributed by atoms with Gasteiger partial charge < -0.3 is 0 Å². The van der Waals surface area contributed by atoms with Gasteiger partial charge in [0.2, 0.25) is 0 Å². The molecule has 25 heavy (non-hydrogen) atoms. The lowest BCUT2D eigenvalue weighted by Gasteiger charge is -2.18. The molecule has 1 aliphatic heterocycles. The number of halogens is 1. The first-order valence-corrected chi connectivity index (χ1v) is 9.30. The van der Waals surface area contributed by atoms with Crippen LogP contribution in [0.15, 0.2) is 58.0 Å². The minimum Gasteiger partial charge on any atom is -0.286 e. The third-order valence-electron chi connectivity index (χ3n) is 3.65. The minimum absolute atomic E-state index is 0.0685. The second-order valence-electron chi connectivity index (χ2n) is 5.34. The SMILES string of the molecule is O=C(c1ccc(Br)cc1)N1CCN=C1SCc1ccc([N+](=O)[O-])cc1. The quantitative estimate of drug-likeness (QED) is 0.551. The maximum atomic E-state index is 12.6. The van der Waals surface area contributed by atoms with Crippen LogP contribution in [-0.4, -0.2) is 34.0 Å². The van der Waals surface area contributed by atoms with Crippen LogP contribution >= 0.6 is 27.7 Å². The molecular formula is C17H14BrN3O3S. The summed E-state index contributed by atoms with van der Waals surface area (Å²) in [5.41, 5.74) is 1.63. The third-order valence-corrected chi connectivity index (χ3v) is 5.27. The van der Waals surface area contributed by atoms with E-state index in [4.69, 9.17) is 0 Å². The van der Waals surface area contributed by atoms with Gasteiger partial charge in [-0.1, -0.05) is 39.8 Å². The van der Waals surface area contributed by atoms with E-state index in [1.54, 1.807) is 29.2 Å². The first-order chi connectivity index (χ1) is 12.0. The van der Waals surface area contributed by atoms with Crippen molar-refractivity contribution in [1.82, 2.24) is 4.90 Å². The molecule has 0 aliphatic carbocycles. The molecule has 1 heterocycles. The van der Waals surface area contributed by atoms with Crippen molar-refractivity contribution in [2.24, 2.45) is 4.99 Å². The molecule has 2 aromatic rings. The van der Waals surface area contributed by atoms with E-state index in [0.717, 1.165) is 10.0 Å². The first-order valence-electron chi connectivity index (χ1n) is 7.52. The largest absolute Gasteiger partial charge is 0.286 e. The number of non-ortho nitro benzene ring substituents is 1. The lowest BCUT2D eigenvalue weighted by atomic mass is 10.2. The van der Waals surface area contributed by atoms with Crippen molar-refractivity contribution < 1.29 is 9.72 Å². The summed E-state index contributed by atoms with van der Waals surface area (Å²) in [4.78, 5) is 29.0. The van der Waals surface area contributed by atoms with Crippen molar-refractivity contribution in [2.75, 3.05) is 13.1 Å². The summed E-state index contributed by atoms with van der Waals surface area (Å²) in [6.45, 7) is 1.16. The molecular weight excluding hydrogens is 406 g/mol. The van der Waals surface area contributed by atoms with Crippen LogP contribution in [-0.2, 0) is 5.75 Å². The number of nitro benzene ring substituents is 1. The third kappa shape index (κ3) is 4.26. The first kappa shape index (κ1) is 17.6. The molecule has 2 aromatic carbocycles. The van der Waals surface area contributed by atoms with E-state index in [0.29, 0.717) is 29.6 Å². The highest BCUT2D eigenvalue weighted by Gasteiger charge is 2.25. The van der Waals surface area contributed by atoms with Crippen molar-refractivity contribution >= 4 is 44.5 Å². The molecule has 0 aromatic heterocycles. The van der Waals surface area contributed by atoms with Crippen LogP contribution in [0.2, 0.25) is 0 Å². The van der Waals surface area contributed by atoms with Gasteiger partial charge in [-0.05, 0) is 29.8 Å². The number of carbonyl (C=O) groups excluding carboxylic acids is 1. The van der Waals surface area contributed by atoms with Gasteiger partial charge in [0.15, 0.2) is 5.17 Å². The number of carbonyl (C=O) groups is 1. The van der Waals surface area contributed by atoms with Crippen LogP contribution in [0.1, 0.15) is 15.9 Å². The summed E-state index contributed by atoms with van der Waals surface area (Å²) >= 11 is 4.82. The van der Waals surface area contributed by atoms with Crippen LogP contribution in [0, 0.1) is 10.1 Å². The van der Waals surface area contributed by atoms with Gasteiger partial charge in [-0.25, -0.2) is 0 Å². The molecule has 8 heteroatoms. The van der Waals surface area contributed by atoms with E-state index in [1.807, 2.05) is 12.1 Å². The molecule has 0 atom stereocenters. The Labute approximate surface area is 157 Å². The fraction of sp³-hybridized carbons (Fsp3) is 0.176. The maximum absolute atomic E-state index is 12.6. The monoisotopic (exact) mass is 419 g/mol. The van der Waals surface area contributed by atoms with Gasteiger partial charge in [-0.2, -0.15) is 0 Å². The van der Waals surface area contributed by atoms with E-state index in [1.165, 1.54) is 23.9 Å². The Morgan fingerprint density at radius 1 is 1.20 bits per heavy atom. The Morgan fingerprint density at radius 2 is 1.88 bits per heavy atom. The zero-order valence-corrected chi connectivity index (χ0v) is 15.5. The molecule has 0 bridgehead atoms. The van der Waals surface area contributed by atoms with Crippen LogP contribution in [0.4, 0.5) is 5.69 Å². The number of nitrogens with zero attached hydrogens (tertiary/aromatic N) is 3. The second-order valence-corrected chi connectivity index (χ2v) is 7.20. The van der Waals surface area contributed by atoms with E-state index in [9.17, 15) is 14.9 Å². The zero-order valence-electron chi connectivity index (χ0n) is 13.1. The predicted molar refractivity (Wildman–Crippen MR) is 102 cm³/mol. The Morgan fingerprint density at radius 3 is 2.52 bits per heavy atom. The smallest absolute Gasteiger partial charge is 0.269 e. The number of hydrogen-bond acceptors (Lipinski definition) is 5. The lowest BCUT2D eigenvalue weighted by Crippen LogP contribution is -2.32. The number of thioether (sulfide) groups is 1. The van der Waals surface area contributed by atoms with Gasteiger partial charge in [0, 0.05) is 34.5 Å². The second kappa shape index (κ2) is 7.79. The van der Waals surface area contributed by atoms with E-state index >= 15 is 0 Å². The Hall–Kier alpha value is -2.19. The molecule has 0 saturated heterocycles. The van der Waals surface area contributed by atoms with Gasteiger partial charge in [0.05, 0.1) is 11.5 Å². The zero-order chi connectivity index (χ0) is 17.8. The average Bonchev–Trinajstić information content (AvgIpc) is 3.09. The van der Waals surface area contributed by atoms with Gasteiger partial charge in [0.1, 0.15) is 0 Å². The number of hydrogen-bond donors (Lipinski definition) is 0. The lowest BCUT2D eigenvalue weighted by molar-refractivity contribution is -0.384. The number of amidine groups is 1. The standard InChI is InChI=1S/C17H14BrN3O3S/c18-14-5-3-13(4-6-14)16(22)20-10-9-19-17(20)25-11-12-1-7-15(8-2-12)21(23)24/h1-8H,9-11H2. The van der Waals surface area contributed by atoms with Gasteiger partial charge in [-0.3, -0.25) is 24.8 Å². The summed E-state index contributed by atoms with van der Waals surface area (Å²) in [5.74, 6) is 0.529. The topological polar surface area (TPSA) is 75.8 Å². The highest BCUT2D eigenvalue weighted by Crippen LogP contribution is 2.23. The van der Waals surface area contributed by atoms with E-state index < -0.39 is 4.92 Å². The Balaban J connectivity index is 1.64. The van der Waals surface area contributed by atoms with E-state index in [-0.39, 0.29) is 11.6 Å². The van der Waals surface area contributed by atoms with Crippen LogP contribution < -0.4 is 0 Å². The Bertz CT molecular complexity index is 822. The van der Waals surface area contributed by atoms with Crippen LogP contribution in [0.25, 0.3) is 0 Å². The van der Waals surface area contributed by atoms with Crippen LogP contribution in [0.3, 0.4) is 0 Å². The summed E-state index contributed by atoms with van der Waals surface area (Å²) < 4.78 is 0.923. The van der Waals surface area contributed by atoms with Crippen LogP contribution in [0.5, 0.6) is 0 Å². The summed E-state index contributed by atoms with van der Waals surface area (Å²) in [7, 11) is 0.